The Hall–Kier alpha value is -2.27. The molecule has 0 aliphatic heterocycles. The second kappa shape index (κ2) is 7.09. The normalized spacial score (nSPS) is 20.5. The lowest BCUT2D eigenvalue weighted by Gasteiger charge is -2.18. The summed E-state index contributed by atoms with van der Waals surface area (Å²) in [6, 6.07) is 13.2. The molecule has 0 spiro atoms. The molecule has 2 aromatic rings. The largest absolute Gasteiger partial charge is 0.396 e. The van der Waals surface area contributed by atoms with Gasteiger partial charge in [-0.2, -0.15) is 0 Å². The third kappa shape index (κ3) is 3.46. The first-order chi connectivity index (χ1) is 11.6. The quantitative estimate of drug-likeness (QED) is 0.853. The molecule has 0 heterocycles. The molecule has 0 bridgehead atoms. The molecule has 2 aromatic carbocycles. The van der Waals surface area contributed by atoms with Crippen molar-refractivity contribution in [2.45, 2.75) is 24.8 Å². The Morgan fingerprint density at radius 2 is 1.92 bits per heavy atom. The molecule has 2 N–H and O–H groups in total. The zero-order valence-electron chi connectivity index (χ0n) is 13.1. The van der Waals surface area contributed by atoms with Crippen LogP contribution in [0.3, 0.4) is 0 Å². The molecule has 1 saturated carbocycles. The van der Waals surface area contributed by atoms with E-state index in [0.717, 1.165) is 11.6 Å². The Labute approximate surface area is 139 Å². The average Bonchev–Trinajstić information content (AvgIpc) is 3.38. The van der Waals surface area contributed by atoms with E-state index in [9.17, 15) is 18.7 Å². The Bertz CT molecular complexity index is 721. The highest BCUT2D eigenvalue weighted by molar-refractivity contribution is 5.83. The van der Waals surface area contributed by atoms with Gasteiger partial charge in [0.2, 0.25) is 5.91 Å². The lowest BCUT2D eigenvalue weighted by molar-refractivity contribution is -0.123. The van der Waals surface area contributed by atoms with Crippen LogP contribution in [0.15, 0.2) is 48.5 Å². The van der Waals surface area contributed by atoms with Crippen LogP contribution in [0.4, 0.5) is 8.78 Å². The standard InChI is InChI=1S/C19H19F2NO2/c20-16-8-4-7-13(18(16)21)14-11-15(14)19(24)22-17(9-10-23)12-5-2-1-3-6-12/h1-8,14-15,17,23H,9-11H2,(H,22,24). The SMILES string of the molecule is O=C(NC(CCO)c1ccccc1)C1CC1c1cccc(F)c1F. The predicted octanol–water partition coefficient (Wildman–Crippen LogP) is 3.31. The average molecular weight is 331 g/mol. The lowest BCUT2D eigenvalue weighted by Crippen LogP contribution is -2.30. The summed E-state index contributed by atoms with van der Waals surface area (Å²) in [5.74, 6) is -2.59. The minimum absolute atomic E-state index is 0.0491. The monoisotopic (exact) mass is 331 g/mol. The van der Waals surface area contributed by atoms with Crippen LogP contribution in [0.5, 0.6) is 0 Å². The zero-order chi connectivity index (χ0) is 17.1. The van der Waals surface area contributed by atoms with Crippen molar-refractivity contribution in [3.63, 3.8) is 0 Å². The third-order valence-corrected chi connectivity index (χ3v) is 4.44. The number of carbonyl (C=O) groups excluding carboxylic acids is 1. The van der Waals surface area contributed by atoms with E-state index in [2.05, 4.69) is 5.32 Å². The van der Waals surface area contributed by atoms with Crippen LogP contribution in [0, 0.1) is 17.6 Å². The first kappa shape index (κ1) is 16.6. The number of hydrogen-bond donors (Lipinski definition) is 2. The van der Waals surface area contributed by atoms with E-state index in [1.807, 2.05) is 30.3 Å². The van der Waals surface area contributed by atoms with Crippen molar-refractivity contribution >= 4 is 5.91 Å². The number of halogens is 2. The summed E-state index contributed by atoms with van der Waals surface area (Å²) < 4.78 is 27.2. The molecule has 3 atom stereocenters. The van der Waals surface area contributed by atoms with Crippen molar-refractivity contribution in [3.8, 4) is 0 Å². The smallest absolute Gasteiger partial charge is 0.224 e. The second-order valence-electron chi connectivity index (χ2n) is 6.08. The second-order valence-corrected chi connectivity index (χ2v) is 6.08. The summed E-state index contributed by atoms with van der Waals surface area (Å²) in [6.45, 7) is -0.0491. The maximum absolute atomic E-state index is 13.8. The van der Waals surface area contributed by atoms with Gasteiger partial charge in [0.1, 0.15) is 0 Å². The van der Waals surface area contributed by atoms with Crippen LogP contribution in [-0.4, -0.2) is 17.6 Å². The first-order valence-electron chi connectivity index (χ1n) is 8.02. The Kier molecular flexibility index (Phi) is 4.90. The van der Waals surface area contributed by atoms with Gasteiger partial charge in [0.05, 0.1) is 6.04 Å². The number of benzene rings is 2. The summed E-state index contributed by atoms with van der Waals surface area (Å²) >= 11 is 0. The number of rotatable bonds is 6. The van der Waals surface area contributed by atoms with Gasteiger partial charge in [-0.1, -0.05) is 42.5 Å². The molecular formula is C19H19F2NO2. The van der Waals surface area contributed by atoms with Gasteiger partial charge >= 0.3 is 0 Å². The van der Waals surface area contributed by atoms with Crippen LogP contribution in [-0.2, 0) is 4.79 Å². The highest BCUT2D eigenvalue weighted by Gasteiger charge is 2.46. The third-order valence-electron chi connectivity index (χ3n) is 4.44. The number of amides is 1. The van der Waals surface area contributed by atoms with Crippen LogP contribution >= 0.6 is 0 Å². The molecule has 0 saturated heterocycles. The molecule has 0 aromatic heterocycles. The van der Waals surface area contributed by atoms with Gasteiger partial charge < -0.3 is 10.4 Å². The van der Waals surface area contributed by atoms with E-state index >= 15 is 0 Å². The van der Waals surface area contributed by atoms with Crippen molar-refractivity contribution in [2.75, 3.05) is 6.61 Å². The molecule has 5 heteroatoms. The van der Waals surface area contributed by atoms with Gasteiger partial charge in [-0.15, -0.1) is 0 Å². The number of aliphatic hydroxyl groups excluding tert-OH is 1. The number of aliphatic hydroxyl groups is 1. The van der Waals surface area contributed by atoms with Gasteiger partial charge in [0.25, 0.3) is 0 Å². The molecule has 1 fully saturated rings. The van der Waals surface area contributed by atoms with E-state index in [0.29, 0.717) is 12.8 Å². The van der Waals surface area contributed by atoms with E-state index in [4.69, 9.17) is 0 Å². The summed E-state index contributed by atoms with van der Waals surface area (Å²) in [5.41, 5.74) is 1.17. The van der Waals surface area contributed by atoms with Crippen LogP contribution in [0.25, 0.3) is 0 Å². The number of hydrogen-bond acceptors (Lipinski definition) is 2. The van der Waals surface area contributed by atoms with Gasteiger partial charge in [-0.3, -0.25) is 4.79 Å². The summed E-state index contributed by atoms with van der Waals surface area (Å²) in [7, 11) is 0. The number of nitrogens with one attached hydrogen (secondary N) is 1. The molecular weight excluding hydrogens is 312 g/mol. The van der Waals surface area contributed by atoms with E-state index in [1.54, 1.807) is 0 Å². The fourth-order valence-corrected chi connectivity index (χ4v) is 3.05. The molecule has 3 unspecified atom stereocenters. The Morgan fingerprint density at radius 3 is 2.62 bits per heavy atom. The molecule has 3 rings (SSSR count). The predicted molar refractivity (Wildman–Crippen MR) is 86.2 cm³/mol. The molecule has 3 nitrogen and oxygen atoms in total. The summed E-state index contributed by atoms with van der Waals surface area (Å²) in [4.78, 5) is 12.4. The highest BCUT2D eigenvalue weighted by atomic mass is 19.2. The minimum Gasteiger partial charge on any atom is -0.396 e. The van der Waals surface area contributed by atoms with Crippen LogP contribution in [0.1, 0.15) is 35.9 Å². The van der Waals surface area contributed by atoms with Crippen molar-refractivity contribution in [3.05, 3.63) is 71.3 Å². The van der Waals surface area contributed by atoms with Crippen molar-refractivity contribution in [2.24, 2.45) is 5.92 Å². The van der Waals surface area contributed by atoms with E-state index < -0.39 is 11.6 Å². The maximum atomic E-state index is 13.8. The van der Waals surface area contributed by atoms with Crippen LogP contribution in [0.2, 0.25) is 0 Å². The lowest BCUT2D eigenvalue weighted by atomic mass is 10.0. The molecule has 1 aliphatic rings. The summed E-state index contributed by atoms with van der Waals surface area (Å²) in [5, 5.41) is 12.1. The molecule has 24 heavy (non-hydrogen) atoms. The van der Waals surface area contributed by atoms with Gasteiger partial charge in [-0.05, 0) is 36.0 Å². The van der Waals surface area contributed by atoms with Crippen molar-refractivity contribution in [1.82, 2.24) is 5.32 Å². The van der Waals surface area contributed by atoms with Gasteiger partial charge in [0.15, 0.2) is 11.6 Å². The van der Waals surface area contributed by atoms with Gasteiger partial charge in [-0.25, -0.2) is 8.78 Å². The molecule has 1 aliphatic carbocycles. The maximum Gasteiger partial charge on any atom is 0.224 e. The molecule has 1 amide bonds. The van der Waals surface area contributed by atoms with E-state index in [1.165, 1.54) is 12.1 Å². The number of carbonyl (C=O) groups is 1. The van der Waals surface area contributed by atoms with Crippen molar-refractivity contribution in [1.29, 1.82) is 0 Å². The fraction of sp³-hybridized carbons (Fsp3) is 0.316. The molecule has 126 valence electrons. The minimum atomic E-state index is -0.888. The van der Waals surface area contributed by atoms with Crippen molar-refractivity contribution < 1.29 is 18.7 Å². The topological polar surface area (TPSA) is 49.3 Å². The Morgan fingerprint density at radius 1 is 1.17 bits per heavy atom. The zero-order valence-corrected chi connectivity index (χ0v) is 13.1. The van der Waals surface area contributed by atoms with E-state index in [-0.39, 0.29) is 36.0 Å². The highest BCUT2D eigenvalue weighted by Crippen LogP contribution is 2.48. The Balaban J connectivity index is 1.68. The molecule has 0 radical (unpaired) electrons. The first-order valence-corrected chi connectivity index (χ1v) is 8.02. The van der Waals surface area contributed by atoms with Crippen LogP contribution < -0.4 is 5.32 Å². The fourth-order valence-electron chi connectivity index (χ4n) is 3.05. The van der Waals surface area contributed by atoms with Gasteiger partial charge in [0, 0.05) is 12.5 Å². The summed E-state index contributed by atoms with van der Waals surface area (Å²) in [6.07, 6.45) is 0.911.